The molecule has 2 fully saturated rings. The van der Waals surface area contributed by atoms with E-state index in [1.807, 2.05) is 36.6 Å². The minimum absolute atomic E-state index is 0.00620. The molecule has 1 aliphatic carbocycles. The zero-order valence-corrected chi connectivity index (χ0v) is 20.9. The molecule has 5 rings (SSSR count). The summed E-state index contributed by atoms with van der Waals surface area (Å²) in [4.78, 5) is 18.6. The lowest BCUT2D eigenvalue weighted by Crippen LogP contribution is -2.37. The molecule has 1 aliphatic heterocycles. The molecule has 0 unspecified atom stereocenters. The fraction of sp³-hybridized carbons (Fsp3) is 0.385. The van der Waals surface area contributed by atoms with Crippen LogP contribution >= 0.6 is 12.2 Å². The second kappa shape index (κ2) is 9.30. The molecule has 0 radical (unpaired) electrons. The van der Waals surface area contributed by atoms with Gasteiger partial charge in [-0.1, -0.05) is 18.9 Å². The summed E-state index contributed by atoms with van der Waals surface area (Å²) in [6.45, 7) is 4.01. The fourth-order valence-corrected chi connectivity index (χ4v) is 6.09. The topological polar surface area (TPSA) is 85.5 Å². The number of nitrogens with one attached hydrogen (secondary N) is 1. The minimum atomic E-state index is -0.357. The van der Waals surface area contributed by atoms with Crippen LogP contribution < -0.4 is 10.1 Å². The van der Waals surface area contributed by atoms with Crippen molar-refractivity contribution in [2.75, 3.05) is 7.11 Å². The summed E-state index contributed by atoms with van der Waals surface area (Å²) in [7, 11) is 1.51. The van der Waals surface area contributed by atoms with Gasteiger partial charge in [0, 0.05) is 23.6 Å². The van der Waals surface area contributed by atoms with Gasteiger partial charge in [-0.3, -0.25) is 15.1 Å². The summed E-state index contributed by atoms with van der Waals surface area (Å²) in [6, 6.07) is 13.3. The monoisotopic (exact) mass is 491 g/mol. The molecule has 2 aliphatic rings. The molecule has 2 atom stereocenters. The van der Waals surface area contributed by atoms with E-state index in [-0.39, 0.29) is 22.7 Å². The van der Waals surface area contributed by atoms with Crippen LogP contribution in [0.5, 0.6) is 5.75 Å². The Hall–Kier alpha value is -3.46. The van der Waals surface area contributed by atoms with Crippen molar-refractivity contribution in [1.82, 2.24) is 19.8 Å². The number of nitrogens with zero attached hydrogens (tertiary/aromatic N) is 4. The number of nitro benzene ring substituents is 1. The van der Waals surface area contributed by atoms with E-state index in [1.54, 1.807) is 18.3 Å². The summed E-state index contributed by atoms with van der Waals surface area (Å²) in [5.74, 6) is 0.455. The van der Waals surface area contributed by atoms with Crippen LogP contribution in [0.2, 0.25) is 0 Å². The third kappa shape index (κ3) is 4.03. The van der Waals surface area contributed by atoms with E-state index in [0.717, 1.165) is 40.6 Å². The normalized spacial score (nSPS) is 20.3. The maximum absolute atomic E-state index is 11.9. The van der Waals surface area contributed by atoms with Crippen LogP contribution in [0.3, 0.4) is 0 Å². The lowest BCUT2D eigenvalue weighted by molar-refractivity contribution is -0.384. The largest absolute Gasteiger partial charge is 0.496 e. The van der Waals surface area contributed by atoms with Gasteiger partial charge >= 0.3 is 0 Å². The molecule has 1 N–H and O–H groups in total. The Morgan fingerprint density at radius 3 is 2.60 bits per heavy atom. The molecule has 8 nitrogen and oxygen atoms in total. The van der Waals surface area contributed by atoms with Crippen LogP contribution in [-0.4, -0.2) is 37.6 Å². The predicted octanol–water partition coefficient (Wildman–Crippen LogP) is 5.32. The van der Waals surface area contributed by atoms with E-state index in [0.29, 0.717) is 17.5 Å². The molecule has 0 spiro atoms. The van der Waals surface area contributed by atoms with Crippen molar-refractivity contribution in [3.05, 3.63) is 81.4 Å². The van der Waals surface area contributed by atoms with Crippen LogP contribution in [0.25, 0.3) is 5.69 Å². The number of methoxy groups -OCH3 is 1. The zero-order valence-electron chi connectivity index (χ0n) is 20.1. The molecule has 1 saturated carbocycles. The van der Waals surface area contributed by atoms with E-state index in [4.69, 9.17) is 17.0 Å². The number of rotatable bonds is 6. The van der Waals surface area contributed by atoms with Crippen molar-refractivity contribution in [3.63, 3.8) is 0 Å². The second-order valence-corrected chi connectivity index (χ2v) is 9.63. The van der Waals surface area contributed by atoms with E-state index in [1.165, 1.54) is 26.0 Å². The molecular weight excluding hydrogens is 462 g/mol. The molecule has 0 bridgehead atoms. The van der Waals surface area contributed by atoms with Gasteiger partial charge in [0.2, 0.25) is 0 Å². The van der Waals surface area contributed by atoms with Crippen molar-refractivity contribution in [2.45, 2.75) is 57.7 Å². The highest BCUT2D eigenvalue weighted by molar-refractivity contribution is 7.80. The molecule has 0 amide bonds. The number of hydrogen-bond acceptors (Lipinski definition) is 5. The third-order valence-electron chi connectivity index (χ3n) is 7.26. The number of aryl methyl sites for hydroxylation is 1. The van der Waals surface area contributed by atoms with E-state index < -0.39 is 0 Å². The van der Waals surface area contributed by atoms with Gasteiger partial charge < -0.3 is 19.5 Å². The first-order valence-corrected chi connectivity index (χ1v) is 12.3. The molecule has 35 heavy (non-hydrogen) atoms. The van der Waals surface area contributed by atoms with Gasteiger partial charge in [0.1, 0.15) is 11.4 Å². The molecule has 2 aromatic heterocycles. The molecule has 3 heterocycles. The highest BCUT2D eigenvalue weighted by Crippen LogP contribution is 2.45. The first kappa shape index (κ1) is 23.3. The molecule has 182 valence electrons. The summed E-state index contributed by atoms with van der Waals surface area (Å²) in [5, 5.41) is 16.2. The highest BCUT2D eigenvalue weighted by atomic mass is 32.1. The maximum atomic E-state index is 11.9. The van der Waals surface area contributed by atoms with Crippen LogP contribution in [0.1, 0.15) is 60.4 Å². The number of aromatic nitrogens is 2. The average Bonchev–Trinajstić information content (AvgIpc) is 3.57. The maximum Gasteiger partial charge on any atom is 0.296 e. The number of nitro groups is 1. The molecular formula is C26H29N5O3S. The van der Waals surface area contributed by atoms with Crippen LogP contribution in [0.15, 0.2) is 48.7 Å². The Bertz CT molecular complexity index is 1270. The van der Waals surface area contributed by atoms with Crippen LogP contribution in [0, 0.1) is 24.0 Å². The van der Waals surface area contributed by atoms with Gasteiger partial charge in [0.25, 0.3) is 5.69 Å². The van der Waals surface area contributed by atoms with Crippen LogP contribution in [-0.2, 0) is 0 Å². The van der Waals surface area contributed by atoms with E-state index in [2.05, 4.69) is 21.3 Å². The number of pyridine rings is 1. The van der Waals surface area contributed by atoms with Gasteiger partial charge in [-0.25, -0.2) is 0 Å². The summed E-state index contributed by atoms with van der Waals surface area (Å²) in [5.41, 5.74) is 4.44. The van der Waals surface area contributed by atoms with Crippen molar-refractivity contribution < 1.29 is 9.66 Å². The average molecular weight is 492 g/mol. The number of ether oxygens (including phenoxy) is 1. The first-order chi connectivity index (χ1) is 16.9. The molecule has 3 aromatic rings. The number of benzene rings is 1. The van der Waals surface area contributed by atoms with Crippen molar-refractivity contribution in [1.29, 1.82) is 0 Å². The summed E-state index contributed by atoms with van der Waals surface area (Å²) >= 11 is 5.87. The van der Waals surface area contributed by atoms with Crippen molar-refractivity contribution >= 4 is 23.0 Å². The summed E-state index contributed by atoms with van der Waals surface area (Å²) in [6.07, 6.45) is 6.41. The predicted molar refractivity (Wildman–Crippen MR) is 138 cm³/mol. The Kier molecular flexibility index (Phi) is 6.19. The zero-order chi connectivity index (χ0) is 24.7. The Labute approximate surface area is 210 Å². The van der Waals surface area contributed by atoms with E-state index >= 15 is 0 Å². The number of hydrogen-bond donors (Lipinski definition) is 1. The lowest BCUT2D eigenvalue weighted by Gasteiger charge is -2.33. The quantitative estimate of drug-likeness (QED) is 0.284. The highest BCUT2D eigenvalue weighted by Gasteiger charge is 2.45. The summed E-state index contributed by atoms with van der Waals surface area (Å²) < 4.78 is 7.21. The third-order valence-corrected chi connectivity index (χ3v) is 7.59. The smallest absolute Gasteiger partial charge is 0.296 e. The molecule has 1 aromatic carbocycles. The molecule has 1 saturated heterocycles. The molecule has 9 heteroatoms. The standard InChI is InChI=1S/C26H29N5O3S/c1-16-14-20(17(2)29(16)22-12-11-19(34-3)15-23(22)31(32)33)25-24(21-10-6-7-13-27-21)28-26(35)30(25)18-8-4-5-9-18/h6-7,10-15,18,24-25H,4-5,8-9H2,1-3H3,(H,28,35)/t24-,25+/m1/s1. The first-order valence-electron chi connectivity index (χ1n) is 11.9. The Morgan fingerprint density at radius 2 is 1.94 bits per heavy atom. The van der Waals surface area contributed by atoms with Gasteiger partial charge in [0.15, 0.2) is 5.11 Å². The van der Waals surface area contributed by atoms with E-state index in [9.17, 15) is 10.1 Å². The number of thiocarbonyl (C=S) groups is 1. The van der Waals surface area contributed by atoms with Gasteiger partial charge in [-0.2, -0.15) is 0 Å². The van der Waals surface area contributed by atoms with Gasteiger partial charge in [-0.15, -0.1) is 0 Å². The Morgan fingerprint density at radius 1 is 1.17 bits per heavy atom. The Balaban J connectivity index is 1.66. The fourth-order valence-electron chi connectivity index (χ4n) is 5.70. The van der Waals surface area contributed by atoms with Gasteiger partial charge in [0.05, 0.1) is 35.9 Å². The SMILES string of the molecule is COc1ccc(-n2c(C)cc([C@H]3[C@@H](c4ccccn4)NC(=S)N3C3CCCC3)c2C)c([N+](=O)[O-])c1. The lowest BCUT2D eigenvalue weighted by atomic mass is 9.95. The van der Waals surface area contributed by atoms with Crippen molar-refractivity contribution in [3.8, 4) is 11.4 Å². The van der Waals surface area contributed by atoms with Crippen LogP contribution in [0.4, 0.5) is 5.69 Å². The second-order valence-electron chi connectivity index (χ2n) is 9.25. The van der Waals surface area contributed by atoms with Crippen molar-refractivity contribution in [2.24, 2.45) is 0 Å². The van der Waals surface area contributed by atoms with Gasteiger partial charge in [-0.05, 0) is 74.8 Å². The minimum Gasteiger partial charge on any atom is -0.496 e.